The van der Waals surface area contributed by atoms with E-state index in [1.54, 1.807) is 7.11 Å². The number of anilines is 1. The summed E-state index contributed by atoms with van der Waals surface area (Å²) in [5.74, 6) is 1.98. The predicted octanol–water partition coefficient (Wildman–Crippen LogP) is 3.22. The molecule has 1 aliphatic heterocycles. The second-order valence-electron chi connectivity index (χ2n) is 6.78. The van der Waals surface area contributed by atoms with Crippen molar-refractivity contribution < 1.29 is 4.74 Å². The van der Waals surface area contributed by atoms with E-state index in [0.29, 0.717) is 6.61 Å². The van der Waals surface area contributed by atoms with Gasteiger partial charge < -0.3 is 10.1 Å². The lowest BCUT2D eigenvalue weighted by atomic mass is 9.97. The summed E-state index contributed by atoms with van der Waals surface area (Å²) >= 11 is 1.88. The highest BCUT2D eigenvalue weighted by Gasteiger charge is 2.22. The Balaban J connectivity index is 1.69. The Kier molecular flexibility index (Phi) is 4.96. The number of ether oxygens (including phenoxy) is 1. The van der Waals surface area contributed by atoms with Gasteiger partial charge in [-0.25, -0.2) is 9.97 Å². The molecule has 6 heteroatoms. The highest BCUT2D eigenvalue weighted by atomic mass is 32.1. The highest BCUT2D eigenvalue weighted by molar-refractivity contribution is 7.19. The van der Waals surface area contributed by atoms with Crippen LogP contribution in [0.3, 0.4) is 0 Å². The number of nitrogens with zero attached hydrogens (tertiary/aromatic N) is 3. The largest absolute Gasteiger partial charge is 0.383 e. The molecule has 0 unspecified atom stereocenters. The Bertz CT molecular complexity index is 709. The minimum Gasteiger partial charge on any atom is -0.383 e. The molecule has 24 heavy (non-hydrogen) atoms. The lowest BCUT2D eigenvalue weighted by Gasteiger charge is -2.16. The van der Waals surface area contributed by atoms with Gasteiger partial charge in [-0.15, -0.1) is 11.3 Å². The van der Waals surface area contributed by atoms with E-state index in [2.05, 4.69) is 10.2 Å². The molecule has 4 rings (SSSR count). The van der Waals surface area contributed by atoms with Gasteiger partial charge in [-0.2, -0.15) is 0 Å². The zero-order chi connectivity index (χ0) is 16.4. The van der Waals surface area contributed by atoms with Crippen molar-refractivity contribution in [2.45, 2.75) is 45.1 Å². The molecular weight excluding hydrogens is 320 g/mol. The van der Waals surface area contributed by atoms with Crippen molar-refractivity contribution in [3.8, 4) is 0 Å². The number of hydrogen-bond donors (Lipinski definition) is 1. The van der Waals surface area contributed by atoms with Crippen LogP contribution in [0.15, 0.2) is 0 Å². The molecule has 130 valence electrons. The number of fused-ring (bicyclic) bond motifs is 3. The van der Waals surface area contributed by atoms with Crippen LogP contribution in [0.1, 0.15) is 41.9 Å². The smallest absolute Gasteiger partial charge is 0.146 e. The fraction of sp³-hybridized carbons (Fsp3) is 0.667. The van der Waals surface area contributed by atoms with E-state index < -0.39 is 0 Å². The SMILES string of the molecule is COCCNc1nc(CN2CCCC2)nc2sc3c(c12)CCCC3. The number of nitrogens with one attached hydrogen (secondary N) is 1. The fourth-order valence-corrected chi connectivity index (χ4v) is 5.09. The maximum atomic E-state index is 5.20. The van der Waals surface area contributed by atoms with Crippen LogP contribution < -0.4 is 5.32 Å². The monoisotopic (exact) mass is 346 g/mol. The van der Waals surface area contributed by atoms with Crippen molar-refractivity contribution in [1.82, 2.24) is 14.9 Å². The molecule has 1 fully saturated rings. The standard InChI is InChI=1S/C18H26N4OS/c1-23-11-8-19-17-16-13-6-2-3-7-14(13)24-18(16)21-15(20-17)12-22-9-4-5-10-22/h2-12H2,1H3,(H,19,20,21). The second-order valence-corrected chi connectivity index (χ2v) is 7.87. The first kappa shape index (κ1) is 16.2. The van der Waals surface area contributed by atoms with Gasteiger partial charge in [0.05, 0.1) is 18.5 Å². The Morgan fingerprint density at radius 3 is 2.79 bits per heavy atom. The summed E-state index contributed by atoms with van der Waals surface area (Å²) in [5.41, 5.74) is 1.49. The Labute approximate surface area is 147 Å². The fourth-order valence-electron chi connectivity index (χ4n) is 3.81. The number of thiophene rings is 1. The van der Waals surface area contributed by atoms with E-state index in [1.165, 1.54) is 72.3 Å². The Hall–Kier alpha value is -1.24. The van der Waals surface area contributed by atoms with Crippen LogP contribution in [-0.4, -0.2) is 48.2 Å². The van der Waals surface area contributed by atoms with E-state index >= 15 is 0 Å². The van der Waals surface area contributed by atoms with Crippen molar-refractivity contribution >= 4 is 27.4 Å². The van der Waals surface area contributed by atoms with Crippen molar-refractivity contribution in [1.29, 1.82) is 0 Å². The van der Waals surface area contributed by atoms with Gasteiger partial charge in [-0.05, 0) is 57.2 Å². The zero-order valence-electron chi connectivity index (χ0n) is 14.4. The van der Waals surface area contributed by atoms with E-state index in [-0.39, 0.29) is 0 Å². The summed E-state index contributed by atoms with van der Waals surface area (Å²) in [4.78, 5) is 15.0. The molecule has 0 amide bonds. The van der Waals surface area contributed by atoms with Crippen molar-refractivity contribution in [2.24, 2.45) is 0 Å². The van der Waals surface area contributed by atoms with Gasteiger partial charge >= 0.3 is 0 Å². The predicted molar refractivity (Wildman–Crippen MR) is 98.9 cm³/mol. The number of methoxy groups -OCH3 is 1. The molecule has 3 heterocycles. The summed E-state index contributed by atoms with van der Waals surface area (Å²) in [6.07, 6.45) is 7.56. The molecule has 2 aliphatic rings. The topological polar surface area (TPSA) is 50.3 Å². The molecule has 0 spiro atoms. The van der Waals surface area contributed by atoms with E-state index in [1.807, 2.05) is 11.3 Å². The van der Waals surface area contributed by atoms with Crippen molar-refractivity contribution in [3.63, 3.8) is 0 Å². The van der Waals surface area contributed by atoms with Crippen LogP contribution in [-0.2, 0) is 24.1 Å². The van der Waals surface area contributed by atoms with Gasteiger partial charge in [0.25, 0.3) is 0 Å². The third-order valence-electron chi connectivity index (χ3n) is 5.02. The molecule has 0 radical (unpaired) electrons. The summed E-state index contributed by atoms with van der Waals surface area (Å²) < 4.78 is 5.20. The normalized spacial score (nSPS) is 18.2. The molecule has 0 bridgehead atoms. The summed E-state index contributed by atoms with van der Waals surface area (Å²) in [7, 11) is 1.74. The maximum absolute atomic E-state index is 5.20. The minimum atomic E-state index is 0.694. The number of aromatic nitrogens is 2. The number of aryl methyl sites for hydroxylation is 2. The van der Waals surface area contributed by atoms with Gasteiger partial charge in [-0.1, -0.05) is 0 Å². The first-order valence-electron chi connectivity index (χ1n) is 9.11. The first-order chi connectivity index (χ1) is 11.8. The lowest BCUT2D eigenvalue weighted by Crippen LogP contribution is -2.20. The lowest BCUT2D eigenvalue weighted by molar-refractivity contribution is 0.210. The van der Waals surface area contributed by atoms with Crippen molar-refractivity contribution in [3.05, 3.63) is 16.3 Å². The second kappa shape index (κ2) is 7.33. The zero-order valence-corrected chi connectivity index (χ0v) is 15.3. The average Bonchev–Trinajstić information content (AvgIpc) is 3.22. The molecule has 0 aromatic carbocycles. The minimum absolute atomic E-state index is 0.694. The van der Waals surface area contributed by atoms with Crippen LogP contribution in [0, 0.1) is 0 Å². The molecule has 0 atom stereocenters. The molecule has 0 saturated carbocycles. The van der Waals surface area contributed by atoms with Gasteiger partial charge in [0.1, 0.15) is 16.5 Å². The van der Waals surface area contributed by atoms with Gasteiger partial charge in [-0.3, -0.25) is 4.90 Å². The van der Waals surface area contributed by atoms with Crippen LogP contribution >= 0.6 is 11.3 Å². The Morgan fingerprint density at radius 2 is 1.96 bits per heavy atom. The van der Waals surface area contributed by atoms with Crippen LogP contribution in [0.4, 0.5) is 5.82 Å². The van der Waals surface area contributed by atoms with Crippen LogP contribution in [0.25, 0.3) is 10.2 Å². The molecule has 5 nitrogen and oxygen atoms in total. The molecule has 2 aromatic heterocycles. The summed E-state index contributed by atoms with van der Waals surface area (Å²) in [6, 6.07) is 0. The van der Waals surface area contributed by atoms with E-state index in [4.69, 9.17) is 14.7 Å². The molecular formula is C18H26N4OS. The molecule has 2 aromatic rings. The summed E-state index contributed by atoms with van der Waals surface area (Å²) in [5, 5.41) is 4.78. The highest BCUT2D eigenvalue weighted by Crippen LogP contribution is 2.38. The number of likely N-dealkylation sites (tertiary alicyclic amines) is 1. The van der Waals surface area contributed by atoms with Gasteiger partial charge in [0, 0.05) is 18.5 Å². The van der Waals surface area contributed by atoms with E-state index in [9.17, 15) is 0 Å². The number of hydrogen-bond acceptors (Lipinski definition) is 6. The van der Waals surface area contributed by atoms with Gasteiger partial charge in [0.15, 0.2) is 0 Å². The first-order valence-corrected chi connectivity index (χ1v) is 9.93. The Morgan fingerprint density at radius 1 is 1.12 bits per heavy atom. The summed E-state index contributed by atoms with van der Waals surface area (Å²) in [6.45, 7) is 4.71. The third-order valence-corrected chi connectivity index (χ3v) is 6.21. The molecule has 1 N–H and O–H groups in total. The van der Waals surface area contributed by atoms with Crippen molar-refractivity contribution in [2.75, 3.05) is 38.7 Å². The quantitative estimate of drug-likeness (QED) is 0.814. The van der Waals surface area contributed by atoms with Crippen LogP contribution in [0.2, 0.25) is 0 Å². The number of rotatable bonds is 6. The molecule has 1 aliphatic carbocycles. The van der Waals surface area contributed by atoms with Crippen LogP contribution in [0.5, 0.6) is 0 Å². The molecule has 1 saturated heterocycles. The maximum Gasteiger partial charge on any atom is 0.146 e. The van der Waals surface area contributed by atoms with E-state index in [0.717, 1.165) is 24.7 Å². The third kappa shape index (κ3) is 3.27. The van der Waals surface area contributed by atoms with Gasteiger partial charge in [0.2, 0.25) is 0 Å². The average molecular weight is 347 g/mol.